The number of aryl methyl sites for hydroxylation is 1. The van der Waals surface area contributed by atoms with Crippen molar-refractivity contribution in [3.8, 4) is 0 Å². The zero-order valence-electron chi connectivity index (χ0n) is 11.0. The molecular formula is C13H22N4. The number of hydrogen-bond acceptors (Lipinski definition) is 4. The van der Waals surface area contributed by atoms with E-state index >= 15 is 0 Å². The number of hydrogen-bond donors (Lipinski definition) is 1. The Morgan fingerprint density at radius 3 is 3.06 bits per heavy atom. The number of rotatable bonds is 2. The fraction of sp³-hybridized carbons (Fsp3) is 0.692. The van der Waals surface area contributed by atoms with Crippen molar-refractivity contribution >= 4 is 0 Å². The van der Waals surface area contributed by atoms with Crippen LogP contribution in [-0.2, 0) is 6.54 Å². The highest BCUT2D eigenvalue weighted by atomic mass is 15.2. The van der Waals surface area contributed by atoms with Gasteiger partial charge in [-0.05, 0) is 46.3 Å². The third-order valence-electron chi connectivity index (χ3n) is 3.09. The minimum atomic E-state index is 0.193. The lowest BCUT2D eigenvalue weighted by Crippen LogP contribution is -2.46. The molecule has 1 fully saturated rings. The summed E-state index contributed by atoms with van der Waals surface area (Å²) in [4.78, 5) is 11.1. The van der Waals surface area contributed by atoms with E-state index in [1.165, 1.54) is 6.42 Å². The van der Waals surface area contributed by atoms with Crippen molar-refractivity contribution in [2.24, 2.45) is 0 Å². The second-order valence-electron chi connectivity index (χ2n) is 5.47. The minimum Gasteiger partial charge on any atom is -0.310 e. The molecule has 1 saturated heterocycles. The van der Waals surface area contributed by atoms with E-state index in [-0.39, 0.29) is 5.54 Å². The molecule has 0 amide bonds. The van der Waals surface area contributed by atoms with Crippen LogP contribution in [0.15, 0.2) is 12.3 Å². The Morgan fingerprint density at radius 1 is 1.47 bits per heavy atom. The summed E-state index contributed by atoms with van der Waals surface area (Å²) in [6.45, 7) is 10.7. The molecule has 0 unspecified atom stereocenters. The summed E-state index contributed by atoms with van der Waals surface area (Å²) in [5.41, 5.74) is 1.31. The third-order valence-corrected chi connectivity index (χ3v) is 3.09. The molecule has 0 saturated carbocycles. The second kappa shape index (κ2) is 5.10. The topological polar surface area (TPSA) is 41.1 Å². The second-order valence-corrected chi connectivity index (χ2v) is 5.47. The summed E-state index contributed by atoms with van der Waals surface area (Å²) < 4.78 is 0. The average Bonchev–Trinajstić information content (AvgIpc) is 2.39. The van der Waals surface area contributed by atoms with Crippen LogP contribution >= 0.6 is 0 Å². The molecule has 94 valence electrons. The van der Waals surface area contributed by atoms with Gasteiger partial charge in [0.1, 0.15) is 5.82 Å². The van der Waals surface area contributed by atoms with E-state index < -0.39 is 0 Å². The van der Waals surface area contributed by atoms with E-state index in [1.54, 1.807) is 0 Å². The van der Waals surface area contributed by atoms with Crippen molar-refractivity contribution in [1.29, 1.82) is 0 Å². The fourth-order valence-corrected chi connectivity index (χ4v) is 2.38. The molecule has 1 aliphatic heterocycles. The highest BCUT2D eigenvalue weighted by molar-refractivity contribution is 5.02. The molecule has 1 aliphatic rings. The van der Waals surface area contributed by atoms with E-state index in [9.17, 15) is 0 Å². The molecule has 0 radical (unpaired) electrons. The van der Waals surface area contributed by atoms with Gasteiger partial charge in [0.25, 0.3) is 0 Å². The van der Waals surface area contributed by atoms with Gasteiger partial charge in [-0.3, -0.25) is 4.90 Å². The molecule has 1 aromatic rings. The molecule has 0 bridgehead atoms. The largest absolute Gasteiger partial charge is 0.310 e. The van der Waals surface area contributed by atoms with Crippen LogP contribution in [0, 0.1) is 6.92 Å². The van der Waals surface area contributed by atoms with Crippen LogP contribution in [0.3, 0.4) is 0 Å². The molecule has 2 rings (SSSR count). The average molecular weight is 234 g/mol. The number of nitrogens with one attached hydrogen (secondary N) is 1. The van der Waals surface area contributed by atoms with Gasteiger partial charge in [0.15, 0.2) is 0 Å². The van der Waals surface area contributed by atoms with Crippen molar-refractivity contribution in [3.05, 3.63) is 23.8 Å². The summed E-state index contributed by atoms with van der Waals surface area (Å²) in [5.74, 6) is 0.856. The maximum atomic E-state index is 4.47. The Morgan fingerprint density at radius 2 is 2.29 bits per heavy atom. The molecule has 0 spiro atoms. The Labute approximate surface area is 103 Å². The van der Waals surface area contributed by atoms with Crippen molar-refractivity contribution in [2.75, 3.05) is 19.6 Å². The molecule has 2 heterocycles. The fourth-order valence-electron chi connectivity index (χ4n) is 2.38. The standard InChI is InChI=1S/C13H22N4/c1-11-14-7-5-12(16-11)9-17-8-4-6-15-13(2,3)10-17/h5,7,15H,4,6,8-10H2,1-3H3. The Balaban J connectivity index is 2.02. The number of nitrogens with zero attached hydrogens (tertiary/aromatic N) is 3. The zero-order chi connectivity index (χ0) is 12.3. The van der Waals surface area contributed by atoms with Crippen LogP contribution in [0.4, 0.5) is 0 Å². The van der Waals surface area contributed by atoms with E-state index in [1.807, 2.05) is 19.2 Å². The summed E-state index contributed by atoms with van der Waals surface area (Å²) >= 11 is 0. The predicted octanol–water partition coefficient (Wildman–Crippen LogP) is 1.36. The summed E-state index contributed by atoms with van der Waals surface area (Å²) in [6, 6.07) is 2.01. The van der Waals surface area contributed by atoms with Crippen molar-refractivity contribution in [1.82, 2.24) is 20.2 Å². The number of aromatic nitrogens is 2. The Kier molecular flexibility index (Phi) is 3.74. The van der Waals surface area contributed by atoms with Crippen molar-refractivity contribution in [3.63, 3.8) is 0 Å². The monoisotopic (exact) mass is 234 g/mol. The lowest BCUT2D eigenvalue weighted by atomic mass is 10.1. The van der Waals surface area contributed by atoms with Gasteiger partial charge in [-0.25, -0.2) is 9.97 Å². The van der Waals surface area contributed by atoms with Gasteiger partial charge < -0.3 is 5.32 Å². The van der Waals surface area contributed by atoms with E-state index in [0.717, 1.165) is 37.7 Å². The summed E-state index contributed by atoms with van der Waals surface area (Å²) in [5, 5.41) is 3.57. The summed E-state index contributed by atoms with van der Waals surface area (Å²) in [6.07, 6.45) is 3.05. The van der Waals surface area contributed by atoms with Crippen LogP contribution in [0.2, 0.25) is 0 Å². The van der Waals surface area contributed by atoms with Crippen molar-refractivity contribution < 1.29 is 0 Å². The van der Waals surface area contributed by atoms with Crippen LogP contribution in [0.1, 0.15) is 31.8 Å². The summed E-state index contributed by atoms with van der Waals surface area (Å²) in [7, 11) is 0. The quantitative estimate of drug-likeness (QED) is 0.839. The molecule has 0 aromatic carbocycles. The van der Waals surface area contributed by atoms with Gasteiger partial charge in [-0.1, -0.05) is 0 Å². The maximum absolute atomic E-state index is 4.47. The normalized spacial score (nSPS) is 21.1. The first-order valence-electron chi connectivity index (χ1n) is 6.31. The molecule has 1 aromatic heterocycles. The lowest BCUT2D eigenvalue weighted by Gasteiger charge is -2.29. The van der Waals surface area contributed by atoms with Gasteiger partial charge in [-0.15, -0.1) is 0 Å². The van der Waals surface area contributed by atoms with E-state index in [2.05, 4.69) is 34.0 Å². The predicted molar refractivity (Wildman–Crippen MR) is 68.7 cm³/mol. The molecule has 1 N–H and O–H groups in total. The van der Waals surface area contributed by atoms with E-state index in [0.29, 0.717) is 0 Å². The van der Waals surface area contributed by atoms with Gasteiger partial charge in [-0.2, -0.15) is 0 Å². The van der Waals surface area contributed by atoms with Crippen LogP contribution < -0.4 is 5.32 Å². The van der Waals surface area contributed by atoms with Crippen LogP contribution in [0.25, 0.3) is 0 Å². The highest BCUT2D eigenvalue weighted by Crippen LogP contribution is 2.12. The SMILES string of the molecule is Cc1nccc(CN2CCCNC(C)(C)C2)n1. The van der Waals surface area contributed by atoms with Crippen LogP contribution in [0.5, 0.6) is 0 Å². The Bertz CT molecular complexity index is 375. The first kappa shape index (κ1) is 12.5. The third kappa shape index (κ3) is 3.75. The van der Waals surface area contributed by atoms with E-state index in [4.69, 9.17) is 0 Å². The highest BCUT2D eigenvalue weighted by Gasteiger charge is 2.23. The molecule has 0 aliphatic carbocycles. The van der Waals surface area contributed by atoms with Gasteiger partial charge in [0.05, 0.1) is 5.69 Å². The van der Waals surface area contributed by atoms with Crippen LogP contribution in [-0.4, -0.2) is 40.0 Å². The molecule has 17 heavy (non-hydrogen) atoms. The van der Waals surface area contributed by atoms with Crippen molar-refractivity contribution in [2.45, 2.75) is 39.3 Å². The van der Waals surface area contributed by atoms with Gasteiger partial charge >= 0.3 is 0 Å². The molecule has 0 atom stereocenters. The van der Waals surface area contributed by atoms with Gasteiger partial charge in [0.2, 0.25) is 0 Å². The zero-order valence-corrected chi connectivity index (χ0v) is 11.0. The first-order chi connectivity index (χ1) is 8.05. The van der Waals surface area contributed by atoms with Gasteiger partial charge in [0, 0.05) is 24.8 Å². The molecular weight excluding hydrogens is 212 g/mol. The minimum absolute atomic E-state index is 0.193. The maximum Gasteiger partial charge on any atom is 0.125 e. The lowest BCUT2D eigenvalue weighted by molar-refractivity contribution is 0.221. The molecule has 4 heteroatoms. The first-order valence-corrected chi connectivity index (χ1v) is 6.31. The molecule has 4 nitrogen and oxygen atoms in total. The Hall–Kier alpha value is -1.00. The smallest absolute Gasteiger partial charge is 0.125 e.